The van der Waals surface area contributed by atoms with E-state index in [0.717, 1.165) is 66.1 Å². The fraction of sp³-hybridized carbons (Fsp3) is 0.647. The predicted molar refractivity (Wildman–Crippen MR) is 240 cm³/mol. The lowest BCUT2D eigenvalue weighted by molar-refractivity contribution is 0.201. The van der Waals surface area contributed by atoms with E-state index in [1.165, 1.54) is 105 Å². The molecular formula is C51H72BrFN2O3. The van der Waals surface area contributed by atoms with Gasteiger partial charge in [-0.05, 0) is 166 Å². The van der Waals surface area contributed by atoms with Crippen LogP contribution >= 0.6 is 15.9 Å². The second kappa shape index (κ2) is 17.4. The van der Waals surface area contributed by atoms with E-state index in [9.17, 15) is 19.7 Å². The monoisotopic (exact) mass is 858 g/mol. The number of rotatable bonds is 1. The van der Waals surface area contributed by atoms with Crippen LogP contribution in [0.4, 0.5) is 4.39 Å². The highest BCUT2D eigenvalue weighted by Gasteiger charge is 2.46. The molecule has 7 N–H and O–H groups in total. The molecule has 0 aliphatic heterocycles. The number of halogens is 2. The lowest BCUT2D eigenvalue weighted by Gasteiger charge is -2.47. The van der Waals surface area contributed by atoms with Crippen LogP contribution in [0.2, 0.25) is 0 Å². The molecular weight excluding hydrogens is 787 g/mol. The van der Waals surface area contributed by atoms with Gasteiger partial charge in [-0.2, -0.15) is 0 Å². The van der Waals surface area contributed by atoms with Gasteiger partial charge in [-0.1, -0.05) is 105 Å². The SMILES string of the molecule is CC(C)c1cc2c(cc1O)C1(C)CCCCCC(C2)C1N.CC12CCCCCC(Cc3c(F)cc(O)cc31)C2.CC12CCCCCC(Cc3cc(Br)c(O)cc31)C2N. The standard InChI is InChI=1S/C19H29NO.C16H22BrNO.C16H21FO/c1-12(2)15-10-14-9-13-7-5-4-6-8-19(3,18(13)20)16(14)11-17(15)21;1-16-6-4-2-3-5-10(15(16)18)7-11-8-13(17)14(19)9-12(11)16;1-16-6-4-2-3-5-11(10-16)7-13-14(16)8-12(18)9-15(13)17/h10-13,18,21H,4-9,20H2,1-3H3;8-10,15,19H,2-7,18H2,1H3;8-9,11,18H,2-7,10H2,1H3. The highest BCUT2D eigenvalue weighted by Crippen LogP contribution is 2.50. The van der Waals surface area contributed by atoms with Crippen LogP contribution in [-0.2, 0) is 35.5 Å². The Balaban J connectivity index is 0.000000133. The maximum Gasteiger partial charge on any atom is 0.130 e. The fourth-order valence-electron chi connectivity index (χ4n) is 12.7. The van der Waals surface area contributed by atoms with Crippen LogP contribution in [0.3, 0.4) is 0 Å². The number of phenols is 3. The summed E-state index contributed by atoms with van der Waals surface area (Å²) in [5.41, 5.74) is 21.8. The van der Waals surface area contributed by atoms with Crippen molar-refractivity contribution in [2.24, 2.45) is 29.2 Å². The van der Waals surface area contributed by atoms with Gasteiger partial charge in [0.2, 0.25) is 0 Å². The molecule has 3 saturated carbocycles. The second-order valence-electron chi connectivity index (χ2n) is 20.6. The molecule has 6 bridgehead atoms. The molecule has 8 atom stereocenters. The summed E-state index contributed by atoms with van der Waals surface area (Å²) in [7, 11) is 0. The van der Waals surface area contributed by atoms with Crippen LogP contribution in [0.25, 0.3) is 0 Å². The Morgan fingerprint density at radius 1 is 0.638 bits per heavy atom. The van der Waals surface area contributed by atoms with Crippen molar-refractivity contribution in [1.82, 2.24) is 0 Å². The molecule has 3 fully saturated rings. The van der Waals surface area contributed by atoms with Gasteiger partial charge in [0.1, 0.15) is 23.1 Å². The first-order valence-corrected chi connectivity index (χ1v) is 23.7. The molecule has 3 aromatic carbocycles. The smallest absolute Gasteiger partial charge is 0.130 e. The summed E-state index contributed by atoms with van der Waals surface area (Å²) >= 11 is 3.44. The molecule has 8 unspecified atom stereocenters. The summed E-state index contributed by atoms with van der Waals surface area (Å²) in [6.45, 7) is 11.2. The average molecular weight is 860 g/mol. The van der Waals surface area contributed by atoms with Gasteiger partial charge in [-0.3, -0.25) is 0 Å². The van der Waals surface area contributed by atoms with E-state index in [2.05, 4.69) is 62.7 Å². The zero-order chi connectivity index (χ0) is 41.6. The first-order chi connectivity index (χ1) is 27.5. The summed E-state index contributed by atoms with van der Waals surface area (Å²) in [6.07, 6.45) is 22.9. The molecule has 0 aromatic heterocycles. The van der Waals surface area contributed by atoms with Crippen LogP contribution in [0.15, 0.2) is 40.9 Å². The van der Waals surface area contributed by atoms with Crippen molar-refractivity contribution >= 4 is 15.9 Å². The van der Waals surface area contributed by atoms with Gasteiger partial charge in [-0.25, -0.2) is 4.39 Å². The maximum absolute atomic E-state index is 14.1. The highest BCUT2D eigenvalue weighted by molar-refractivity contribution is 9.10. The highest BCUT2D eigenvalue weighted by atomic mass is 79.9. The fourth-order valence-corrected chi connectivity index (χ4v) is 13.1. The van der Waals surface area contributed by atoms with Crippen molar-refractivity contribution in [3.63, 3.8) is 0 Å². The zero-order valence-corrected chi connectivity index (χ0v) is 37.7. The van der Waals surface area contributed by atoms with Crippen LogP contribution in [0.5, 0.6) is 17.2 Å². The molecule has 0 radical (unpaired) electrons. The van der Waals surface area contributed by atoms with Crippen molar-refractivity contribution in [3.05, 3.63) is 85.6 Å². The van der Waals surface area contributed by atoms with E-state index in [1.807, 2.05) is 12.1 Å². The Morgan fingerprint density at radius 2 is 1.17 bits per heavy atom. The first-order valence-electron chi connectivity index (χ1n) is 22.9. The van der Waals surface area contributed by atoms with E-state index in [4.69, 9.17) is 11.5 Å². The number of fused-ring (bicyclic) bond motifs is 12. The Hall–Kier alpha value is -2.61. The minimum Gasteiger partial charge on any atom is -0.508 e. The van der Waals surface area contributed by atoms with Gasteiger partial charge >= 0.3 is 0 Å². The Labute approximate surface area is 357 Å². The number of nitrogens with two attached hydrogens (primary N) is 2. The zero-order valence-electron chi connectivity index (χ0n) is 36.1. The molecule has 0 amide bonds. The summed E-state index contributed by atoms with van der Waals surface area (Å²) in [5.74, 6) is 2.85. The summed E-state index contributed by atoms with van der Waals surface area (Å²) in [6, 6.07) is 11.9. The predicted octanol–water partition coefficient (Wildman–Crippen LogP) is 12.4. The largest absolute Gasteiger partial charge is 0.508 e. The van der Waals surface area contributed by atoms with Crippen molar-refractivity contribution in [2.45, 2.75) is 191 Å². The number of hydrogen-bond acceptors (Lipinski definition) is 5. The molecule has 6 aliphatic carbocycles. The van der Waals surface area contributed by atoms with Gasteiger partial charge in [0.05, 0.1) is 4.47 Å². The van der Waals surface area contributed by atoms with Crippen molar-refractivity contribution in [1.29, 1.82) is 0 Å². The Kier molecular flexibility index (Phi) is 13.0. The minimum atomic E-state index is -0.207. The quantitative estimate of drug-likeness (QED) is 0.167. The molecule has 318 valence electrons. The van der Waals surface area contributed by atoms with E-state index >= 15 is 0 Å². The third kappa shape index (κ3) is 8.49. The normalized spacial score (nSPS) is 32.7. The first kappa shape index (κ1) is 43.5. The van der Waals surface area contributed by atoms with Crippen molar-refractivity contribution in [3.8, 4) is 17.2 Å². The van der Waals surface area contributed by atoms with Gasteiger partial charge in [0.15, 0.2) is 0 Å². The van der Waals surface area contributed by atoms with Crippen molar-refractivity contribution in [2.75, 3.05) is 0 Å². The van der Waals surface area contributed by atoms with Crippen LogP contribution in [0.1, 0.15) is 182 Å². The lowest BCUT2D eigenvalue weighted by atomic mass is 9.59. The molecule has 5 nitrogen and oxygen atoms in total. The van der Waals surface area contributed by atoms with Crippen LogP contribution in [0, 0.1) is 23.6 Å². The molecule has 0 heterocycles. The summed E-state index contributed by atoms with van der Waals surface area (Å²) in [5, 5.41) is 30.1. The van der Waals surface area contributed by atoms with E-state index in [-0.39, 0.29) is 39.9 Å². The lowest BCUT2D eigenvalue weighted by Crippen LogP contribution is -2.52. The molecule has 6 aliphatic rings. The molecule has 0 spiro atoms. The van der Waals surface area contributed by atoms with Crippen molar-refractivity contribution < 1.29 is 19.7 Å². The molecule has 0 saturated heterocycles. The maximum atomic E-state index is 14.1. The van der Waals surface area contributed by atoms with E-state index in [1.54, 1.807) is 6.07 Å². The minimum absolute atomic E-state index is 0.0247. The van der Waals surface area contributed by atoms with E-state index in [0.29, 0.717) is 35.2 Å². The van der Waals surface area contributed by atoms with Gasteiger partial charge in [0.25, 0.3) is 0 Å². The number of phenolic OH excluding ortho intramolecular Hbond substituents is 3. The number of aromatic hydroxyl groups is 3. The number of benzene rings is 3. The average Bonchev–Trinajstić information content (AvgIpc) is 3.16. The van der Waals surface area contributed by atoms with Gasteiger partial charge in [0, 0.05) is 29.0 Å². The Bertz CT molecular complexity index is 1950. The summed E-state index contributed by atoms with van der Waals surface area (Å²) < 4.78 is 14.9. The van der Waals surface area contributed by atoms with Crippen LogP contribution in [-0.4, -0.2) is 27.4 Å². The van der Waals surface area contributed by atoms with Crippen LogP contribution < -0.4 is 11.5 Å². The number of hydrogen-bond donors (Lipinski definition) is 5. The topological polar surface area (TPSA) is 113 Å². The van der Waals surface area contributed by atoms with Gasteiger partial charge in [-0.15, -0.1) is 0 Å². The third-order valence-electron chi connectivity index (χ3n) is 16.2. The molecule has 7 heteroatoms. The molecule has 58 heavy (non-hydrogen) atoms. The molecule has 3 aromatic rings. The summed E-state index contributed by atoms with van der Waals surface area (Å²) in [4.78, 5) is 0. The second-order valence-corrected chi connectivity index (χ2v) is 21.4. The van der Waals surface area contributed by atoms with Gasteiger partial charge < -0.3 is 26.8 Å². The molecule has 9 rings (SSSR count). The Morgan fingerprint density at radius 3 is 1.76 bits per heavy atom. The third-order valence-corrected chi connectivity index (χ3v) is 16.8. The van der Waals surface area contributed by atoms with E-state index < -0.39 is 0 Å².